The zero-order valence-corrected chi connectivity index (χ0v) is 24.6. The zero-order valence-electron chi connectivity index (χ0n) is 21.5. The molecule has 41 heavy (non-hydrogen) atoms. The first-order chi connectivity index (χ1) is 19.9. The van der Waals surface area contributed by atoms with Crippen LogP contribution in [0, 0.1) is 0 Å². The van der Waals surface area contributed by atoms with Crippen LogP contribution in [0.25, 0.3) is 33.5 Å². The van der Waals surface area contributed by atoms with Gasteiger partial charge in [-0.05, 0) is 60.2 Å². The van der Waals surface area contributed by atoms with E-state index in [4.69, 9.17) is 42.1 Å². The van der Waals surface area contributed by atoms with E-state index in [1.807, 2.05) is 30.3 Å². The largest absolute Gasteiger partial charge is 0.493 e. The molecule has 0 spiro atoms. The maximum atomic E-state index is 13.7. The number of hydrogen-bond donors (Lipinski definition) is 0. The highest BCUT2D eigenvalue weighted by Crippen LogP contribution is 2.35. The molecule has 2 aromatic heterocycles. The number of para-hydroxylation sites is 1. The van der Waals surface area contributed by atoms with Gasteiger partial charge in [-0.3, -0.25) is 4.79 Å². The quantitative estimate of drug-likeness (QED) is 0.163. The fourth-order valence-corrected chi connectivity index (χ4v) is 5.02. The summed E-state index contributed by atoms with van der Waals surface area (Å²) in [5.74, 6) is 1.43. The molecule has 7 nitrogen and oxygen atoms in total. The second-order valence-electron chi connectivity index (χ2n) is 9.05. The summed E-state index contributed by atoms with van der Waals surface area (Å²) in [6.45, 7) is 0.274. The SMILES string of the molecule is COc1cc(Cl)cc(C=Nn2c(-c3cc4cc(Cl)ccc4o3)nc3ccccc3c2=O)c1OCc1ccc(Br)cc1. The lowest BCUT2D eigenvalue weighted by molar-refractivity contribution is 0.284. The molecule has 0 bridgehead atoms. The third-order valence-electron chi connectivity index (χ3n) is 6.33. The fourth-order valence-electron chi connectivity index (χ4n) is 4.36. The van der Waals surface area contributed by atoms with Gasteiger partial charge in [-0.2, -0.15) is 9.78 Å². The van der Waals surface area contributed by atoms with Crippen molar-refractivity contribution < 1.29 is 13.9 Å². The molecule has 0 atom stereocenters. The van der Waals surface area contributed by atoms with Crippen molar-refractivity contribution in [2.24, 2.45) is 5.10 Å². The van der Waals surface area contributed by atoms with E-state index in [2.05, 4.69) is 21.0 Å². The van der Waals surface area contributed by atoms with Crippen molar-refractivity contribution in [3.05, 3.63) is 121 Å². The molecule has 6 aromatic rings. The summed E-state index contributed by atoms with van der Waals surface area (Å²) >= 11 is 16.0. The average molecular weight is 649 g/mol. The van der Waals surface area contributed by atoms with Gasteiger partial charge in [0, 0.05) is 31.5 Å². The van der Waals surface area contributed by atoms with Gasteiger partial charge in [-0.15, -0.1) is 0 Å². The lowest BCUT2D eigenvalue weighted by atomic mass is 10.2. The Kier molecular flexibility index (Phi) is 7.53. The Morgan fingerprint density at radius 3 is 2.61 bits per heavy atom. The van der Waals surface area contributed by atoms with Crippen LogP contribution in [0.1, 0.15) is 11.1 Å². The number of methoxy groups -OCH3 is 1. The number of halogens is 3. The number of fused-ring (bicyclic) bond motifs is 2. The molecular formula is C31H20BrCl2N3O4. The van der Waals surface area contributed by atoms with Crippen molar-refractivity contribution in [1.82, 2.24) is 9.66 Å². The summed E-state index contributed by atoms with van der Waals surface area (Å²) in [7, 11) is 1.53. The summed E-state index contributed by atoms with van der Waals surface area (Å²) in [5.41, 5.74) is 2.21. The maximum absolute atomic E-state index is 13.7. The first-order valence-corrected chi connectivity index (χ1v) is 13.9. The average Bonchev–Trinajstić information content (AvgIpc) is 3.39. The second kappa shape index (κ2) is 11.4. The molecule has 4 aromatic carbocycles. The Hall–Kier alpha value is -4.11. The van der Waals surface area contributed by atoms with Crippen LogP contribution in [0.3, 0.4) is 0 Å². The van der Waals surface area contributed by atoms with Gasteiger partial charge in [-0.1, -0.05) is 63.4 Å². The molecule has 0 aliphatic heterocycles. The van der Waals surface area contributed by atoms with Gasteiger partial charge in [0.05, 0.1) is 24.2 Å². The van der Waals surface area contributed by atoms with Crippen LogP contribution in [0.4, 0.5) is 0 Å². The molecule has 0 saturated heterocycles. The van der Waals surface area contributed by atoms with Crippen molar-refractivity contribution in [3.8, 4) is 23.1 Å². The Balaban J connectivity index is 1.47. The van der Waals surface area contributed by atoms with Gasteiger partial charge < -0.3 is 13.9 Å². The van der Waals surface area contributed by atoms with Gasteiger partial charge in [0.2, 0.25) is 5.82 Å². The van der Waals surface area contributed by atoms with Crippen LogP contribution in [0.15, 0.2) is 104 Å². The zero-order chi connectivity index (χ0) is 28.5. The van der Waals surface area contributed by atoms with Gasteiger partial charge >= 0.3 is 0 Å². The number of furan rings is 1. The number of rotatable bonds is 7. The normalized spacial score (nSPS) is 11.5. The Labute approximate surface area is 252 Å². The standard InChI is InChI=1S/C31H20BrCl2N3O4/c1-39-27-15-23(34)13-20(29(27)40-17-18-6-8-21(32)9-7-18)16-35-37-30(36-25-5-3-2-4-24(25)31(37)38)28-14-19-12-22(33)10-11-26(19)41-28/h2-16H,17H2,1H3. The third kappa shape index (κ3) is 5.59. The molecular weight excluding hydrogens is 629 g/mol. The number of ether oxygens (including phenoxy) is 2. The number of nitrogens with zero attached hydrogens (tertiary/aromatic N) is 3. The van der Waals surface area contributed by atoms with E-state index in [-0.39, 0.29) is 18.0 Å². The van der Waals surface area contributed by atoms with Crippen molar-refractivity contribution in [1.29, 1.82) is 0 Å². The monoisotopic (exact) mass is 647 g/mol. The highest BCUT2D eigenvalue weighted by atomic mass is 79.9. The van der Waals surface area contributed by atoms with E-state index in [9.17, 15) is 4.79 Å². The molecule has 0 unspecified atom stereocenters. The molecule has 0 aliphatic carbocycles. The molecule has 6 rings (SSSR count). The molecule has 0 saturated carbocycles. The van der Waals surface area contributed by atoms with E-state index in [0.717, 1.165) is 15.4 Å². The fraction of sp³-hybridized carbons (Fsp3) is 0.0645. The summed E-state index contributed by atoms with van der Waals surface area (Å²) in [6, 6.07) is 25.2. The van der Waals surface area contributed by atoms with Crippen LogP contribution < -0.4 is 15.0 Å². The van der Waals surface area contributed by atoms with Crippen molar-refractivity contribution in [2.75, 3.05) is 7.11 Å². The molecule has 0 N–H and O–H groups in total. The summed E-state index contributed by atoms with van der Waals surface area (Å²) in [5, 5.41) is 6.72. The number of aromatic nitrogens is 2. The molecule has 2 heterocycles. The number of hydrogen-bond acceptors (Lipinski definition) is 6. The predicted octanol–water partition coefficient (Wildman–Crippen LogP) is 8.35. The first-order valence-electron chi connectivity index (χ1n) is 12.4. The molecule has 204 valence electrons. The van der Waals surface area contributed by atoms with Crippen LogP contribution in [0.2, 0.25) is 10.0 Å². The van der Waals surface area contributed by atoms with Crippen molar-refractivity contribution in [2.45, 2.75) is 6.61 Å². The summed E-state index contributed by atoms with van der Waals surface area (Å²) in [4.78, 5) is 18.4. The van der Waals surface area contributed by atoms with Gasteiger partial charge in [0.1, 0.15) is 12.2 Å². The van der Waals surface area contributed by atoms with Crippen molar-refractivity contribution >= 4 is 67.2 Å². The van der Waals surface area contributed by atoms with E-state index in [1.165, 1.54) is 18.0 Å². The third-order valence-corrected chi connectivity index (χ3v) is 7.31. The number of benzene rings is 4. The smallest absolute Gasteiger partial charge is 0.282 e. The molecule has 0 radical (unpaired) electrons. The van der Waals surface area contributed by atoms with E-state index < -0.39 is 0 Å². The van der Waals surface area contributed by atoms with Gasteiger partial charge in [-0.25, -0.2) is 4.98 Å². The Morgan fingerprint density at radius 2 is 1.80 bits per heavy atom. The summed E-state index contributed by atoms with van der Waals surface area (Å²) in [6.07, 6.45) is 1.49. The van der Waals surface area contributed by atoms with Crippen molar-refractivity contribution in [3.63, 3.8) is 0 Å². The minimum absolute atomic E-state index is 0.226. The van der Waals surface area contributed by atoms with Gasteiger partial charge in [0.15, 0.2) is 17.3 Å². The van der Waals surface area contributed by atoms with Crippen LogP contribution in [-0.4, -0.2) is 23.0 Å². The van der Waals surface area contributed by atoms with E-state index in [1.54, 1.807) is 54.6 Å². The van der Waals surface area contributed by atoms with Crippen LogP contribution in [0.5, 0.6) is 11.5 Å². The predicted molar refractivity (Wildman–Crippen MR) is 166 cm³/mol. The molecule has 0 aliphatic rings. The topological polar surface area (TPSA) is 78.9 Å². The molecule has 0 amide bonds. The lowest BCUT2D eigenvalue weighted by Crippen LogP contribution is -2.20. The minimum atomic E-state index is -0.369. The van der Waals surface area contributed by atoms with Gasteiger partial charge in [0.25, 0.3) is 5.56 Å². The minimum Gasteiger partial charge on any atom is -0.493 e. The Bertz CT molecular complexity index is 2000. The lowest BCUT2D eigenvalue weighted by Gasteiger charge is -2.14. The molecule has 0 fully saturated rings. The highest BCUT2D eigenvalue weighted by Gasteiger charge is 2.18. The van der Waals surface area contributed by atoms with E-state index in [0.29, 0.717) is 49.4 Å². The highest BCUT2D eigenvalue weighted by molar-refractivity contribution is 9.10. The van der Waals surface area contributed by atoms with Crippen LogP contribution in [-0.2, 0) is 6.61 Å². The Morgan fingerprint density at radius 1 is 1.00 bits per heavy atom. The summed E-state index contributed by atoms with van der Waals surface area (Å²) < 4.78 is 20.0. The second-order valence-corrected chi connectivity index (χ2v) is 10.8. The first kappa shape index (κ1) is 27.1. The van der Waals surface area contributed by atoms with Crippen LogP contribution >= 0.6 is 39.1 Å². The maximum Gasteiger partial charge on any atom is 0.282 e. The van der Waals surface area contributed by atoms with E-state index >= 15 is 0 Å². The molecule has 10 heteroatoms.